The van der Waals surface area contributed by atoms with E-state index in [9.17, 15) is 14.0 Å². The van der Waals surface area contributed by atoms with Crippen molar-refractivity contribution < 1.29 is 23.5 Å². The smallest absolute Gasteiger partial charge is 0.306 e. The van der Waals surface area contributed by atoms with Crippen LogP contribution in [0.15, 0.2) is 52.3 Å². The Labute approximate surface area is 179 Å². The van der Waals surface area contributed by atoms with Crippen molar-refractivity contribution in [3.05, 3.63) is 69.4 Å². The molecule has 5 nitrogen and oxygen atoms in total. The quantitative estimate of drug-likeness (QED) is 0.319. The van der Waals surface area contributed by atoms with Gasteiger partial charge in [0.05, 0.1) is 24.8 Å². The summed E-state index contributed by atoms with van der Waals surface area (Å²) < 4.78 is 24.4. The lowest BCUT2D eigenvalue weighted by Gasteiger charge is -2.06. The minimum Gasteiger partial charge on any atom is -0.496 e. The molecule has 8 heteroatoms. The molecule has 0 amide bonds. The van der Waals surface area contributed by atoms with Gasteiger partial charge in [0.25, 0.3) is 0 Å². The molecule has 2 aromatic carbocycles. The van der Waals surface area contributed by atoms with E-state index in [-0.39, 0.29) is 25.2 Å². The van der Waals surface area contributed by atoms with Gasteiger partial charge in [-0.3, -0.25) is 9.59 Å². The summed E-state index contributed by atoms with van der Waals surface area (Å²) in [5.41, 5.74) is 1.82. The molecule has 1 heterocycles. The lowest BCUT2D eigenvalue weighted by Crippen LogP contribution is -2.08. The first-order valence-electron chi connectivity index (χ1n) is 8.69. The van der Waals surface area contributed by atoms with Crippen LogP contribution in [0, 0.1) is 5.82 Å². The molecule has 1 aromatic heterocycles. The summed E-state index contributed by atoms with van der Waals surface area (Å²) in [6, 6.07) is 10.9. The maximum atomic E-state index is 12.9. The molecule has 0 spiro atoms. The maximum absolute atomic E-state index is 12.9. The SMILES string of the molecule is COc1ccc(Br)cc1-c1nc(COC(=O)CCC(=O)c2ccc(F)cc2)cs1. The predicted octanol–water partition coefficient (Wildman–Crippen LogP) is 5.43. The van der Waals surface area contributed by atoms with Gasteiger partial charge in [-0.05, 0) is 42.5 Å². The molecule has 0 radical (unpaired) electrons. The molecule has 0 atom stereocenters. The van der Waals surface area contributed by atoms with Gasteiger partial charge in [0, 0.05) is 21.8 Å². The summed E-state index contributed by atoms with van der Waals surface area (Å²) in [5, 5.41) is 2.56. The molecular formula is C21H17BrFNO4S. The zero-order valence-corrected chi connectivity index (χ0v) is 17.9. The second kappa shape index (κ2) is 9.76. The van der Waals surface area contributed by atoms with Crippen LogP contribution in [0.25, 0.3) is 10.6 Å². The van der Waals surface area contributed by atoms with Gasteiger partial charge in [0.15, 0.2) is 5.78 Å². The molecule has 3 aromatic rings. The Morgan fingerprint density at radius 3 is 2.62 bits per heavy atom. The van der Waals surface area contributed by atoms with E-state index in [1.54, 1.807) is 7.11 Å². The standard InChI is InChI=1S/C21H17BrFNO4S/c1-27-19-8-4-14(22)10-17(19)21-24-16(12-29-21)11-28-20(26)9-7-18(25)13-2-5-15(23)6-3-13/h2-6,8,10,12H,7,9,11H2,1H3. The lowest BCUT2D eigenvalue weighted by atomic mass is 10.1. The van der Waals surface area contributed by atoms with Crippen molar-refractivity contribution in [2.24, 2.45) is 0 Å². The van der Waals surface area contributed by atoms with Crippen LogP contribution in [0.2, 0.25) is 0 Å². The van der Waals surface area contributed by atoms with Crippen molar-refractivity contribution in [3.8, 4) is 16.3 Å². The summed E-state index contributed by atoms with van der Waals surface area (Å²) in [4.78, 5) is 28.5. The first kappa shape index (κ1) is 21.1. The number of rotatable bonds is 8. The third-order valence-corrected chi connectivity index (χ3v) is 5.46. The Balaban J connectivity index is 1.53. The zero-order chi connectivity index (χ0) is 20.8. The van der Waals surface area contributed by atoms with Gasteiger partial charge in [0.1, 0.15) is 23.2 Å². The first-order valence-corrected chi connectivity index (χ1v) is 10.4. The topological polar surface area (TPSA) is 65.5 Å². The van der Waals surface area contributed by atoms with E-state index in [0.717, 1.165) is 15.0 Å². The Morgan fingerprint density at radius 1 is 1.14 bits per heavy atom. The van der Waals surface area contributed by atoms with Gasteiger partial charge < -0.3 is 9.47 Å². The molecule has 3 rings (SSSR count). The van der Waals surface area contributed by atoms with Crippen molar-refractivity contribution in [1.82, 2.24) is 4.98 Å². The number of hydrogen-bond donors (Lipinski definition) is 0. The van der Waals surface area contributed by atoms with E-state index < -0.39 is 11.8 Å². The number of methoxy groups -OCH3 is 1. The molecule has 0 aliphatic rings. The number of aromatic nitrogens is 1. The van der Waals surface area contributed by atoms with Crippen LogP contribution < -0.4 is 4.74 Å². The van der Waals surface area contributed by atoms with Crippen LogP contribution in [0.5, 0.6) is 5.75 Å². The number of nitrogens with zero attached hydrogens (tertiary/aromatic N) is 1. The van der Waals surface area contributed by atoms with E-state index in [2.05, 4.69) is 20.9 Å². The number of carbonyl (C=O) groups excluding carboxylic acids is 2. The molecule has 0 unspecified atom stereocenters. The fraction of sp³-hybridized carbons (Fsp3) is 0.190. The minimum atomic E-state index is -0.491. The summed E-state index contributed by atoms with van der Waals surface area (Å²) in [6.07, 6.45) is -0.0469. The molecule has 0 aliphatic carbocycles. The van der Waals surface area contributed by atoms with Crippen molar-refractivity contribution in [1.29, 1.82) is 0 Å². The van der Waals surface area contributed by atoms with E-state index >= 15 is 0 Å². The average molecular weight is 478 g/mol. The molecule has 0 bridgehead atoms. The Hall–Kier alpha value is -2.58. The Morgan fingerprint density at radius 2 is 1.90 bits per heavy atom. The molecule has 0 fully saturated rings. The first-order chi connectivity index (χ1) is 14.0. The van der Waals surface area contributed by atoms with Crippen molar-refractivity contribution in [3.63, 3.8) is 0 Å². The summed E-state index contributed by atoms with van der Waals surface area (Å²) in [7, 11) is 1.59. The van der Waals surface area contributed by atoms with Gasteiger partial charge in [0.2, 0.25) is 0 Å². The highest BCUT2D eigenvalue weighted by Crippen LogP contribution is 2.34. The van der Waals surface area contributed by atoms with Crippen molar-refractivity contribution >= 4 is 39.0 Å². The van der Waals surface area contributed by atoms with E-state index in [1.165, 1.54) is 35.6 Å². The Kier molecular flexibility index (Phi) is 7.11. The van der Waals surface area contributed by atoms with E-state index in [4.69, 9.17) is 9.47 Å². The van der Waals surface area contributed by atoms with Gasteiger partial charge in [-0.2, -0.15) is 0 Å². The minimum absolute atomic E-state index is 0.00201. The number of hydrogen-bond acceptors (Lipinski definition) is 6. The summed E-state index contributed by atoms with van der Waals surface area (Å²) >= 11 is 4.86. The van der Waals surface area contributed by atoms with Crippen LogP contribution >= 0.6 is 27.3 Å². The maximum Gasteiger partial charge on any atom is 0.306 e. The number of halogens is 2. The third-order valence-electron chi connectivity index (χ3n) is 4.05. The fourth-order valence-electron chi connectivity index (χ4n) is 2.57. The van der Waals surface area contributed by atoms with Crippen molar-refractivity contribution in [2.75, 3.05) is 7.11 Å². The van der Waals surface area contributed by atoms with Gasteiger partial charge in [-0.25, -0.2) is 9.37 Å². The third kappa shape index (κ3) is 5.71. The second-order valence-electron chi connectivity index (χ2n) is 6.08. The Bertz CT molecular complexity index is 1020. The van der Waals surface area contributed by atoms with Gasteiger partial charge in [-0.1, -0.05) is 15.9 Å². The number of esters is 1. The largest absolute Gasteiger partial charge is 0.496 e. The van der Waals surface area contributed by atoms with Gasteiger partial charge in [-0.15, -0.1) is 11.3 Å². The zero-order valence-electron chi connectivity index (χ0n) is 15.5. The number of ether oxygens (including phenoxy) is 2. The molecule has 0 saturated heterocycles. The summed E-state index contributed by atoms with van der Waals surface area (Å²) in [5.74, 6) is -0.441. The highest BCUT2D eigenvalue weighted by Gasteiger charge is 2.14. The lowest BCUT2D eigenvalue weighted by molar-refractivity contribution is -0.145. The second-order valence-corrected chi connectivity index (χ2v) is 7.85. The molecular weight excluding hydrogens is 461 g/mol. The number of ketones is 1. The molecule has 0 N–H and O–H groups in total. The molecule has 29 heavy (non-hydrogen) atoms. The van der Waals surface area contributed by atoms with E-state index in [1.807, 2.05) is 23.6 Å². The van der Waals surface area contributed by atoms with Crippen LogP contribution in [0.3, 0.4) is 0 Å². The fourth-order valence-corrected chi connectivity index (χ4v) is 3.75. The van der Waals surface area contributed by atoms with Gasteiger partial charge >= 0.3 is 5.97 Å². The van der Waals surface area contributed by atoms with Crippen LogP contribution in [0.4, 0.5) is 4.39 Å². The van der Waals surface area contributed by atoms with Crippen LogP contribution in [0.1, 0.15) is 28.9 Å². The normalized spacial score (nSPS) is 10.6. The van der Waals surface area contributed by atoms with E-state index in [0.29, 0.717) is 17.0 Å². The predicted molar refractivity (Wildman–Crippen MR) is 112 cm³/mol. The monoisotopic (exact) mass is 477 g/mol. The summed E-state index contributed by atoms with van der Waals surface area (Å²) in [6.45, 7) is 0.0242. The highest BCUT2D eigenvalue weighted by molar-refractivity contribution is 9.10. The molecule has 150 valence electrons. The highest BCUT2D eigenvalue weighted by atomic mass is 79.9. The number of carbonyl (C=O) groups is 2. The number of benzene rings is 2. The number of thiazole rings is 1. The molecule has 0 saturated carbocycles. The van der Waals surface area contributed by atoms with Crippen molar-refractivity contribution in [2.45, 2.75) is 19.4 Å². The number of Topliss-reactive ketones (excluding diaryl/α,β-unsaturated/α-hetero) is 1. The average Bonchev–Trinajstić information content (AvgIpc) is 3.20. The van der Waals surface area contributed by atoms with Crippen LogP contribution in [-0.4, -0.2) is 23.8 Å². The molecule has 0 aliphatic heterocycles. The van der Waals surface area contributed by atoms with Crippen LogP contribution in [-0.2, 0) is 16.1 Å².